The van der Waals surface area contributed by atoms with E-state index in [1.807, 2.05) is 55.9 Å². The summed E-state index contributed by atoms with van der Waals surface area (Å²) in [5, 5.41) is 27.8. The fourth-order valence-corrected chi connectivity index (χ4v) is 2.39. The summed E-state index contributed by atoms with van der Waals surface area (Å²) >= 11 is 0. The topological polar surface area (TPSA) is 171 Å². The van der Waals surface area contributed by atoms with Crippen LogP contribution in [0.4, 0.5) is 23.8 Å². The molecule has 0 amide bonds. The number of anilines is 4. The van der Waals surface area contributed by atoms with E-state index in [0.29, 0.717) is 11.9 Å². The van der Waals surface area contributed by atoms with Crippen LogP contribution in [0.15, 0.2) is 25.3 Å². The Morgan fingerprint density at radius 1 is 0.556 bits per heavy atom. The van der Waals surface area contributed by atoms with Crippen LogP contribution in [0.2, 0.25) is 0 Å². The van der Waals surface area contributed by atoms with Gasteiger partial charge in [0.25, 0.3) is 0 Å². The van der Waals surface area contributed by atoms with Gasteiger partial charge in [0.15, 0.2) is 0 Å². The lowest BCUT2D eigenvalue weighted by molar-refractivity contribution is 0.766. The van der Waals surface area contributed by atoms with Crippen molar-refractivity contribution in [3.05, 3.63) is 25.3 Å². The van der Waals surface area contributed by atoms with Crippen molar-refractivity contribution in [3.8, 4) is 0 Å². The van der Waals surface area contributed by atoms with Gasteiger partial charge in [0, 0.05) is 54.4 Å². The molecule has 0 saturated heterocycles. The summed E-state index contributed by atoms with van der Waals surface area (Å²) in [4.78, 5) is 15.8. The first-order valence-electron chi connectivity index (χ1n) is 11.7. The first-order valence-corrected chi connectivity index (χ1v) is 11.7. The summed E-state index contributed by atoms with van der Waals surface area (Å²) in [6.07, 6.45) is 6.38. The Hall–Kier alpha value is -4.24. The third kappa shape index (κ3) is 11.8. The van der Waals surface area contributed by atoms with Crippen LogP contribution in [0, 0.1) is 0 Å². The van der Waals surface area contributed by atoms with E-state index in [2.05, 4.69) is 61.6 Å². The minimum atomic E-state index is 0.694. The monoisotopic (exact) mass is 504 g/mol. The molecule has 0 aliphatic carbocycles. The average molecular weight is 505 g/mol. The molecule has 4 aromatic heterocycles. The summed E-state index contributed by atoms with van der Waals surface area (Å²) in [5.74, 6) is 3.02. The summed E-state index contributed by atoms with van der Waals surface area (Å²) in [6, 6.07) is 0. The zero-order valence-corrected chi connectivity index (χ0v) is 22.5. The van der Waals surface area contributed by atoms with Gasteiger partial charge in [-0.2, -0.15) is 20.2 Å². The Morgan fingerprint density at radius 2 is 0.917 bits per heavy atom. The minimum absolute atomic E-state index is 0.694. The van der Waals surface area contributed by atoms with Gasteiger partial charge in [0.1, 0.15) is 25.3 Å². The van der Waals surface area contributed by atoms with Crippen molar-refractivity contribution in [1.82, 2.24) is 59.1 Å². The van der Waals surface area contributed by atoms with Crippen LogP contribution in [-0.4, -0.2) is 85.2 Å². The Balaban J connectivity index is 0.000000240. The molecule has 0 aliphatic heterocycles. The smallest absolute Gasteiger partial charge is 0.242 e. The number of hydrogen-bond donors (Lipinski definition) is 4. The molecule has 4 heterocycles. The standard InChI is InChI=1S/4C5H10N4/c2*1-3-6-5-7-4-9(2)8-5;2*1-3-6-5-7-4-8-9(5)2/h2*4H,3H2,1-2H3,(H,6,8);2*4H,3H2,1-2H3,(H,6,7,8). The lowest BCUT2D eigenvalue weighted by Gasteiger charge is -1.98. The Kier molecular flexibility index (Phi) is 14.3. The van der Waals surface area contributed by atoms with E-state index in [1.54, 1.807) is 31.4 Å². The fourth-order valence-electron chi connectivity index (χ4n) is 2.39. The second-order valence-electron chi connectivity index (χ2n) is 7.02. The zero-order valence-electron chi connectivity index (χ0n) is 22.5. The number of nitrogens with one attached hydrogen (secondary N) is 4. The van der Waals surface area contributed by atoms with E-state index >= 15 is 0 Å². The molecule has 4 N–H and O–H groups in total. The van der Waals surface area contributed by atoms with Gasteiger partial charge in [-0.3, -0.25) is 9.36 Å². The van der Waals surface area contributed by atoms with Gasteiger partial charge < -0.3 is 21.3 Å². The maximum Gasteiger partial charge on any atom is 0.242 e. The minimum Gasteiger partial charge on any atom is -0.355 e. The molecule has 0 aromatic carbocycles. The third-order valence-electron chi connectivity index (χ3n) is 3.96. The largest absolute Gasteiger partial charge is 0.355 e. The summed E-state index contributed by atoms with van der Waals surface area (Å²) in [6.45, 7) is 11.6. The van der Waals surface area contributed by atoms with Crippen molar-refractivity contribution in [2.75, 3.05) is 47.4 Å². The molecule has 0 spiro atoms. The van der Waals surface area contributed by atoms with Gasteiger partial charge >= 0.3 is 0 Å². The van der Waals surface area contributed by atoms with Crippen molar-refractivity contribution in [2.24, 2.45) is 28.2 Å². The molecule has 0 saturated carbocycles. The Morgan fingerprint density at radius 3 is 1.14 bits per heavy atom. The average Bonchev–Trinajstić information content (AvgIpc) is 3.64. The number of rotatable bonds is 8. The van der Waals surface area contributed by atoms with Crippen molar-refractivity contribution in [1.29, 1.82) is 0 Å². The van der Waals surface area contributed by atoms with Crippen LogP contribution in [0.25, 0.3) is 0 Å². The van der Waals surface area contributed by atoms with Gasteiger partial charge in [-0.1, -0.05) is 0 Å². The lowest BCUT2D eigenvalue weighted by atomic mass is 10.7. The predicted octanol–water partition coefficient (Wildman–Crippen LogP) is 0.988. The van der Waals surface area contributed by atoms with Crippen LogP contribution in [0.1, 0.15) is 27.7 Å². The van der Waals surface area contributed by atoms with Gasteiger partial charge in [-0.15, -0.1) is 10.2 Å². The molecule has 36 heavy (non-hydrogen) atoms. The molecule has 0 atom stereocenters. The summed E-state index contributed by atoms with van der Waals surface area (Å²) in [5.41, 5.74) is 0. The van der Waals surface area contributed by atoms with Crippen molar-refractivity contribution >= 4 is 23.8 Å². The van der Waals surface area contributed by atoms with E-state index in [1.165, 1.54) is 12.7 Å². The molecule has 200 valence electrons. The van der Waals surface area contributed by atoms with Crippen molar-refractivity contribution in [2.45, 2.75) is 27.7 Å². The molecule has 0 radical (unpaired) electrons. The zero-order chi connectivity index (χ0) is 26.8. The van der Waals surface area contributed by atoms with E-state index in [9.17, 15) is 0 Å². The highest BCUT2D eigenvalue weighted by atomic mass is 15.4. The predicted molar refractivity (Wildman–Crippen MR) is 141 cm³/mol. The van der Waals surface area contributed by atoms with E-state index < -0.39 is 0 Å². The van der Waals surface area contributed by atoms with Crippen LogP contribution < -0.4 is 21.3 Å². The first-order chi connectivity index (χ1) is 17.3. The lowest BCUT2D eigenvalue weighted by Crippen LogP contribution is -2.03. The van der Waals surface area contributed by atoms with Gasteiger partial charge in [-0.05, 0) is 27.7 Å². The molecule has 0 fully saturated rings. The van der Waals surface area contributed by atoms with E-state index in [4.69, 9.17) is 0 Å². The molecule has 16 heteroatoms. The van der Waals surface area contributed by atoms with E-state index in [0.717, 1.165) is 38.1 Å². The highest BCUT2D eigenvalue weighted by molar-refractivity contribution is 5.22. The van der Waals surface area contributed by atoms with Crippen LogP contribution in [0.5, 0.6) is 0 Å². The van der Waals surface area contributed by atoms with Crippen LogP contribution >= 0.6 is 0 Å². The maximum atomic E-state index is 3.99. The second-order valence-corrected chi connectivity index (χ2v) is 7.02. The molecule has 16 nitrogen and oxygen atoms in total. The SMILES string of the molecule is CCNc1ncn(C)n1.CCNc1ncn(C)n1.CCNc1ncnn1C.CCNc1ncnn1C. The van der Waals surface area contributed by atoms with Gasteiger partial charge in [0.2, 0.25) is 23.8 Å². The Bertz CT molecular complexity index is 977. The maximum absolute atomic E-state index is 3.99. The summed E-state index contributed by atoms with van der Waals surface area (Å²) in [7, 11) is 7.39. The summed E-state index contributed by atoms with van der Waals surface area (Å²) < 4.78 is 6.73. The van der Waals surface area contributed by atoms with Crippen molar-refractivity contribution < 1.29 is 0 Å². The first kappa shape index (κ1) is 29.8. The van der Waals surface area contributed by atoms with Crippen LogP contribution in [-0.2, 0) is 28.2 Å². The van der Waals surface area contributed by atoms with Gasteiger partial charge in [0.05, 0.1) is 0 Å². The second kappa shape index (κ2) is 17.2. The fraction of sp³-hybridized carbons (Fsp3) is 0.600. The molecular weight excluding hydrogens is 464 g/mol. The van der Waals surface area contributed by atoms with Crippen LogP contribution in [0.3, 0.4) is 0 Å². The molecule has 4 rings (SSSR count). The molecule has 0 unspecified atom stereocenters. The Labute approximate surface area is 212 Å². The number of aryl methyl sites for hydroxylation is 4. The normalized spacial score (nSPS) is 9.56. The van der Waals surface area contributed by atoms with Crippen molar-refractivity contribution in [3.63, 3.8) is 0 Å². The highest BCUT2D eigenvalue weighted by Crippen LogP contribution is 1.96. The molecule has 4 aromatic rings. The number of aromatic nitrogens is 12. The third-order valence-corrected chi connectivity index (χ3v) is 3.96. The van der Waals surface area contributed by atoms with Gasteiger partial charge in [-0.25, -0.2) is 19.3 Å². The molecule has 0 bridgehead atoms. The number of hydrogen-bond acceptors (Lipinski definition) is 12. The molecular formula is C20H40N16. The number of nitrogens with zero attached hydrogens (tertiary/aromatic N) is 12. The highest BCUT2D eigenvalue weighted by Gasteiger charge is 1.95. The van der Waals surface area contributed by atoms with E-state index in [-0.39, 0.29) is 0 Å². The molecule has 0 aliphatic rings. The quantitative estimate of drug-likeness (QED) is 0.268.